The Morgan fingerprint density at radius 1 is 1.06 bits per heavy atom. The molecule has 0 saturated carbocycles. The molecule has 18 heavy (non-hydrogen) atoms. The molecular formula is C13H15BrN2O2. The molecule has 0 radical (unpaired) electrons. The second-order valence-corrected chi connectivity index (χ2v) is 5.00. The highest BCUT2D eigenvalue weighted by Gasteiger charge is 2.13. The lowest BCUT2D eigenvalue weighted by molar-refractivity contribution is 0.355. The van der Waals surface area contributed by atoms with Gasteiger partial charge in [0.1, 0.15) is 10.4 Å². The van der Waals surface area contributed by atoms with Gasteiger partial charge in [-0.1, -0.05) is 13.8 Å². The molecule has 0 atom stereocenters. The van der Waals surface area contributed by atoms with Gasteiger partial charge in [0.25, 0.3) is 0 Å². The number of hydrogen-bond donors (Lipinski definition) is 0. The number of benzene rings is 1. The standard InChI is InChI=1S/C13H15BrN2O2/c1-7(2)13-15-9-6-11(18-4)10(17-3)5-8(9)12(14)16-13/h5-7H,1-4H3. The Morgan fingerprint density at radius 2 is 1.67 bits per heavy atom. The van der Waals surface area contributed by atoms with E-state index in [1.54, 1.807) is 14.2 Å². The Balaban J connectivity index is 2.72. The van der Waals surface area contributed by atoms with E-state index < -0.39 is 0 Å². The summed E-state index contributed by atoms with van der Waals surface area (Å²) in [6.07, 6.45) is 0. The van der Waals surface area contributed by atoms with Crippen LogP contribution in [0.1, 0.15) is 25.6 Å². The summed E-state index contributed by atoms with van der Waals surface area (Å²) in [5, 5.41) is 0.914. The lowest BCUT2D eigenvalue weighted by atomic mass is 10.2. The minimum Gasteiger partial charge on any atom is -0.493 e. The van der Waals surface area contributed by atoms with Gasteiger partial charge in [-0.05, 0) is 22.0 Å². The van der Waals surface area contributed by atoms with Crippen molar-refractivity contribution < 1.29 is 9.47 Å². The van der Waals surface area contributed by atoms with Crippen molar-refractivity contribution in [2.24, 2.45) is 0 Å². The van der Waals surface area contributed by atoms with Crippen molar-refractivity contribution in [1.82, 2.24) is 9.97 Å². The van der Waals surface area contributed by atoms with Gasteiger partial charge in [0.15, 0.2) is 11.5 Å². The molecule has 5 heteroatoms. The molecule has 0 unspecified atom stereocenters. The first kappa shape index (κ1) is 13.1. The number of ether oxygens (including phenoxy) is 2. The molecular weight excluding hydrogens is 296 g/mol. The molecule has 0 bridgehead atoms. The van der Waals surface area contributed by atoms with Gasteiger partial charge in [-0.3, -0.25) is 0 Å². The maximum atomic E-state index is 5.28. The number of rotatable bonds is 3. The fourth-order valence-electron chi connectivity index (χ4n) is 1.69. The van der Waals surface area contributed by atoms with Crippen molar-refractivity contribution in [2.75, 3.05) is 14.2 Å². The van der Waals surface area contributed by atoms with Crippen LogP contribution < -0.4 is 9.47 Å². The first-order valence-electron chi connectivity index (χ1n) is 5.66. The summed E-state index contributed by atoms with van der Waals surface area (Å²) in [6, 6.07) is 3.74. The van der Waals surface area contributed by atoms with Gasteiger partial charge in [0.2, 0.25) is 0 Å². The average molecular weight is 311 g/mol. The second-order valence-electron chi connectivity index (χ2n) is 4.25. The van der Waals surface area contributed by atoms with Crippen LogP contribution in [0.2, 0.25) is 0 Å². The predicted octanol–water partition coefficient (Wildman–Crippen LogP) is 3.53. The van der Waals surface area contributed by atoms with Gasteiger partial charge in [-0.15, -0.1) is 0 Å². The predicted molar refractivity (Wildman–Crippen MR) is 74.4 cm³/mol. The number of halogens is 1. The van der Waals surface area contributed by atoms with E-state index >= 15 is 0 Å². The lowest BCUT2D eigenvalue weighted by Crippen LogP contribution is -2.00. The minimum absolute atomic E-state index is 0.277. The third-order valence-corrected chi connectivity index (χ3v) is 3.29. The Bertz CT molecular complexity index is 585. The van der Waals surface area contributed by atoms with Gasteiger partial charge in [0, 0.05) is 17.4 Å². The summed E-state index contributed by atoms with van der Waals surface area (Å²) in [5.74, 6) is 2.43. The molecule has 4 nitrogen and oxygen atoms in total. The molecule has 2 rings (SSSR count). The molecule has 0 aliphatic carbocycles. The number of methoxy groups -OCH3 is 2. The molecule has 96 valence electrons. The van der Waals surface area contributed by atoms with Crippen LogP contribution in [0.3, 0.4) is 0 Å². The molecule has 0 saturated heterocycles. The van der Waals surface area contributed by atoms with Crippen molar-refractivity contribution in [1.29, 1.82) is 0 Å². The van der Waals surface area contributed by atoms with Crippen molar-refractivity contribution >= 4 is 26.8 Å². The Kier molecular flexibility index (Phi) is 3.71. The first-order chi connectivity index (χ1) is 8.56. The van der Waals surface area contributed by atoms with Crippen molar-refractivity contribution in [2.45, 2.75) is 19.8 Å². The third kappa shape index (κ3) is 2.27. The number of nitrogens with zero attached hydrogens (tertiary/aromatic N) is 2. The summed E-state index contributed by atoms with van der Waals surface area (Å²) in [7, 11) is 3.23. The quantitative estimate of drug-likeness (QED) is 0.813. The van der Waals surface area contributed by atoms with Gasteiger partial charge in [-0.25, -0.2) is 9.97 Å². The van der Waals surface area contributed by atoms with E-state index in [1.165, 1.54) is 0 Å². The molecule has 1 aromatic carbocycles. The summed E-state index contributed by atoms with van der Waals surface area (Å²) >= 11 is 3.48. The zero-order valence-electron chi connectivity index (χ0n) is 10.8. The summed E-state index contributed by atoms with van der Waals surface area (Å²) in [4.78, 5) is 8.98. The highest BCUT2D eigenvalue weighted by Crippen LogP contribution is 2.34. The molecule has 0 fully saturated rings. The second kappa shape index (κ2) is 5.10. The van der Waals surface area contributed by atoms with E-state index in [4.69, 9.17) is 9.47 Å². The van der Waals surface area contributed by atoms with Crippen molar-refractivity contribution in [3.05, 3.63) is 22.6 Å². The average Bonchev–Trinajstić information content (AvgIpc) is 2.36. The molecule has 2 aromatic rings. The number of fused-ring (bicyclic) bond motifs is 1. The van der Waals surface area contributed by atoms with Crippen LogP contribution in [0.4, 0.5) is 0 Å². The summed E-state index contributed by atoms with van der Waals surface area (Å²) < 4.78 is 11.3. The SMILES string of the molecule is COc1cc2nc(C(C)C)nc(Br)c2cc1OC. The van der Waals surface area contributed by atoms with Crippen LogP contribution in [-0.4, -0.2) is 24.2 Å². The van der Waals surface area contributed by atoms with Crippen LogP contribution in [0.25, 0.3) is 10.9 Å². The molecule has 0 aliphatic heterocycles. The molecule has 0 N–H and O–H groups in total. The van der Waals surface area contributed by atoms with Crippen LogP contribution in [-0.2, 0) is 0 Å². The first-order valence-corrected chi connectivity index (χ1v) is 6.45. The molecule has 0 spiro atoms. The number of hydrogen-bond acceptors (Lipinski definition) is 4. The number of aromatic nitrogens is 2. The summed E-state index contributed by atoms with van der Waals surface area (Å²) in [6.45, 7) is 4.13. The molecule has 0 amide bonds. The largest absolute Gasteiger partial charge is 0.493 e. The molecule has 1 heterocycles. The molecule has 1 aromatic heterocycles. The maximum absolute atomic E-state index is 5.28. The van der Waals surface area contributed by atoms with Crippen LogP contribution in [0.15, 0.2) is 16.7 Å². The van der Waals surface area contributed by atoms with E-state index in [2.05, 4.69) is 39.7 Å². The zero-order valence-corrected chi connectivity index (χ0v) is 12.4. The van der Waals surface area contributed by atoms with Gasteiger partial charge in [-0.2, -0.15) is 0 Å². The van der Waals surface area contributed by atoms with Gasteiger partial charge >= 0.3 is 0 Å². The highest BCUT2D eigenvalue weighted by atomic mass is 79.9. The van der Waals surface area contributed by atoms with Crippen LogP contribution >= 0.6 is 15.9 Å². The third-order valence-electron chi connectivity index (χ3n) is 2.69. The lowest BCUT2D eigenvalue weighted by Gasteiger charge is -2.11. The fraction of sp³-hybridized carbons (Fsp3) is 0.385. The summed E-state index contributed by atoms with van der Waals surface area (Å²) in [5.41, 5.74) is 0.846. The molecule has 0 aliphatic rings. The monoisotopic (exact) mass is 310 g/mol. The Labute approximate surface area is 114 Å². The van der Waals surface area contributed by atoms with Crippen LogP contribution in [0, 0.1) is 0 Å². The van der Waals surface area contributed by atoms with Gasteiger partial charge in [0.05, 0.1) is 19.7 Å². The van der Waals surface area contributed by atoms with E-state index in [0.717, 1.165) is 21.3 Å². The van der Waals surface area contributed by atoms with Crippen molar-refractivity contribution in [3.8, 4) is 11.5 Å². The van der Waals surface area contributed by atoms with Crippen molar-refractivity contribution in [3.63, 3.8) is 0 Å². The maximum Gasteiger partial charge on any atom is 0.162 e. The van der Waals surface area contributed by atoms with E-state index in [0.29, 0.717) is 11.5 Å². The Morgan fingerprint density at radius 3 is 2.22 bits per heavy atom. The normalized spacial score (nSPS) is 11.0. The van der Waals surface area contributed by atoms with E-state index in [9.17, 15) is 0 Å². The topological polar surface area (TPSA) is 44.2 Å². The minimum atomic E-state index is 0.277. The van der Waals surface area contributed by atoms with E-state index in [-0.39, 0.29) is 5.92 Å². The Hall–Kier alpha value is -1.36. The smallest absolute Gasteiger partial charge is 0.162 e. The highest BCUT2D eigenvalue weighted by molar-refractivity contribution is 9.10. The fourth-order valence-corrected chi connectivity index (χ4v) is 2.19. The van der Waals surface area contributed by atoms with Gasteiger partial charge < -0.3 is 9.47 Å². The zero-order chi connectivity index (χ0) is 13.3. The van der Waals surface area contributed by atoms with E-state index in [1.807, 2.05) is 12.1 Å². The van der Waals surface area contributed by atoms with Crippen LogP contribution in [0.5, 0.6) is 11.5 Å².